The summed E-state index contributed by atoms with van der Waals surface area (Å²) in [5, 5.41) is 9.67. The van der Waals surface area contributed by atoms with E-state index in [-0.39, 0.29) is 19.2 Å². The summed E-state index contributed by atoms with van der Waals surface area (Å²) in [7, 11) is 1.26. The molecule has 0 bridgehead atoms. The molecule has 9 heteroatoms. The molecule has 1 saturated carbocycles. The highest BCUT2D eigenvalue weighted by Gasteiger charge is 2.19. The van der Waals surface area contributed by atoms with Gasteiger partial charge in [-0.3, -0.25) is 9.36 Å². The van der Waals surface area contributed by atoms with Crippen LogP contribution in [-0.2, 0) is 23.1 Å². The Morgan fingerprint density at radius 2 is 1.88 bits per heavy atom. The molecule has 2 atom stereocenters. The van der Waals surface area contributed by atoms with Crippen molar-refractivity contribution < 1.29 is 37.6 Å². The van der Waals surface area contributed by atoms with Gasteiger partial charge in [-0.25, -0.2) is 0 Å². The van der Waals surface area contributed by atoms with Crippen LogP contribution in [0.1, 0.15) is 38.5 Å². The molecule has 0 amide bonds. The third kappa shape index (κ3) is 11.7. The Bertz CT molecular complexity index is 446. The van der Waals surface area contributed by atoms with E-state index < -0.39 is 20.5 Å². The van der Waals surface area contributed by atoms with Crippen LogP contribution in [0.15, 0.2) is 0 Å². The lowest BCUT2D eigenvalue weighted by atomic mass is 10.0. The molecule has 1 aliphatic carbocycles. The van der Waals surface area contributed by atoms with Gasteiger partial charge in [0.1, 0.15) is 25.9 Å². The Morgan fingerprint density at radius 1 is 1.24 bits per heavy atom. The number of carbonyl (C=O) groups excluding carboxylic acids is 1. The highest BCUT2D eigenvalue weighted by molar-refractivity contribution is 7.45. The van der Waals surface area contributed by atoms with Crippen LogP contribution in [0.25, 0.3) is 0 Å². The summed E-state index contributed by atoms with van der Waals surface area (Å²) >= 11 is 0. The molecule has 1 fully saturated rings. The third-order valence-electron chi connectivity index (χ3n) is 4.10. The van der Waals surface area contributed by atoms with E-state index >= 15 is 0 Å². The molecule has 2 unspecified atom stereocenters. The maximum Gasteiger partial charge on any atom is 0.305 e. The van der Waals surface area contributed by atoms with Gasteiger partial charge in [-0.05, 0) is 12.3 Å². The van der Waals surface area contributed by atoms with Gasteiger partial charge in [0, 0.05) is 6.42 Å². The number of phosphoric acid groups is 1. The zero-order valence-corrected chi connectivity index (χ0v) is 16.4. The number of phosphoric ester groups is 1. The van der Waals surface area contributed by atoms with Crippen molar-refractivity contribution in [2.45, 2.75) is 44.6 Å². The number of nitrogens with zero attached hydrogens (tertiary/aromatic N) is 1. The first-order chi connectivity index (χ1) is 11.6. The summed E-state index contributed by atoms with van der Waals surface area (Å²) in [5.41, 5.74) is 0. The molecular formula is C16H32NO7P. The van der Waals surface area contributed by atoms with Gasteiger partial charge in [0.25, 0.3) is 7.82 Å². The van der Waals surface area contributed by atoms with E-state index in [2.05, 4.69) is 4.52 Å². The number of aliphatic hydroxyl groups is 1. The fraction of sp³-hybridized carbons (Fsp3) is 0.938. The average Bonchev–Trinajstić information content (AvgIpc) is 3.01. The normalized spacial score (nSPS) is 19.6. The van der Waals surface area contributed by atoms with Crippen molar-refractivity contribution in [3.05, 3.63) is 0 Å². The van der Waals surface area contributed by atoms with E-state index in [0.717, 1.165) is 19.3 Å². The van der Waals surface area contributed by atoms with Crippen molar-refractivity contribution in [2.24, 2.45) is 5.92 Å². The molecule has 0 aromatic rings. The zero-order chi connectivity index (χ0) is 18.9. The molecule has 8 nitrogen and oxygen atoms in total. The van der Waals surface area contributed by atoms with Crippen LogP contribution in [0, 0.1) is 5.92 Å². The molecule has 0 aromatic carbocycles. The number of aliphatic hydroxyl groups excluding tert-OH is 1. The monoisotopic (exact) mass is 381 g/mol. The highest BCUT2D eigenvalue weighted by atomic mass is 31.2. The number of hydrogen-bond acceptors (Lipinski definition) is 7. The molecule has 148 valence electrons. The van der Waals surface area contributed by atoms with Gasteiger partial charge in [-0.1, -0.05) is 25.7 Å². The fourth-order valence-corrected chi connectivity index (χ4v) is 3.31. The Morgan fingerprint density at radius 3 is 2.48 bits per heavy atom. The Labute approximate surface area is 150 Å². The zero-order valence-electron chi connectivity index (χ0n) is 15.5. The number of carbonyl (C=O) groups is 1. The minimum atomic E-state index is -4.47. The molecule has 0 radical (unpaired) electrons. The molecule has 25 heavy (non-hydrogen) atoms. The molecule has 0 spiro atoms. The number of likely N-dealkylation sites (N-methyl/N-ethyl adjacent to an activating group) is 1. The van der Waals surface area contributed by atoms with E-state index in [1.807, 2.05) is 21.1 Å². The fourth-order valence-electron chi connectivity index (χ4n) is 2.57. The van der Waals surface area contributed by atoms with E-state index in [1.54, 1.807) is 0 Å². The first-order valence-electron chi connectivity index (χ1n) is 8.82. The number of quaternary nitrogens is 1. The minimum absolute atomic E-state index is 0.00345. The van der Waals surface area contributed by atoms with Crippen LogP contribution in [0.4, 0.5) is 0 Å². The molecule has 0 heterocycles. The van der Waals surface area contributed by atoms with Gasteiger partial charge >= 0.3 is 5.97 Å². The number of hydrogen-bond donors (Lipinski definition) is 1. The SMILES string of the molecule is C[N+](C)(C)CCOP(=O)([O-])OCC(O)COC(=O)CCC1CCCC1. The van der Waals surface area contributed by atoms with Crippen LogP contribution in [0.5, 0.6) is 0 Å². The summed E-state index contributed by atoms with van der Waals surface area (Å²) in [5.74, 6) is 0.214. The van der Waals surface area contributed by atoms with Crippen LogP contribution in [0.2, 0.25) is 0 Å². The number of rotatable bonds is 12. The average molecular weight is 381 g/mol. The molecule has 1 aliphatic rings. The Balaban J connectivity index is 2.12. The predicted octanol–water partition coefficient (Wildman–Crippen LogP) is 1.07. The molecular weight excluding hydrogens is 349 g/mol. The van der Waals surface area contributed by atoms with Crippen LogP contribution in [0.3, 0.4) is 0 Å². The van der Waals surface area contributed by atoms with Gasteiger partial charge in [0.2, 0.25) is 0 Å². The van der Waals surface area contributed by atoms with Gasteiger partial charge in [-0.15, -0.1) is 0 Å². The van der Waals surface area contributed by atoms with E-state index in [0.29, 0.717) is 23.4 Å². The summed E-state index contributed by atoms with van der Waals surface area (Å²) in [6.07, 6.45) is 4.70. The first kappa shape index (κ1) is 22.5. The van der Waals surface area contributed by atoms with Crippen molar-refractivity contribution in [3.63, 3.8) is 0 Å². The number of ether oxygens (including phenoxy) is 1. The van der Waals surface area contributed by atoms with Crippen LogP contribution >= 0.6 is 7.82 Å². The maximum absolute atomic E-state index is 11.6. The Hall–Kier alpha value is -0.500. The number of esters is 1. The largest absolute Gasteiger partial charge is 0.756 e. The first-order valence-corrected chi connectivity index (χ1v) is 10.3. The summed E-state index contributed by atoms with van der Waals surface area (Å²) in [6.45, 7) is -0.295. The molecule has 0 saturated heterocycles. The lowest BCUT2D eigenvalue weighted by Gasteiger charge is -2.27. The predicted molar refractivity (Wildman–Crippen MR) is 90.6 cm³/mol. The lowest BCUT2D eigenvalue weighted by molar-refractivity contribution is -0.870. The lowest BCUT2D eigenvalue weighted by Crippen LogP contribution is -2.37. The molecule has 1 N–H and O–H groups in total. The van der Waals surface area contributed by atoms with Crippen molar-refractivity contribution in [1.82, 2.24) is 0 Å². The standard InChI is InChI=1S/C16H32NO7P/c1-17(2,3)10-11-23-25(20,21)24-13-15(18)12-22-16(19)9-8-14-6-4-5-7-14/h14-15,18H,4-13H2,1-3H3. The van der Waals surface area contributed by atoms with Crippen molar-refractivity contribution in [2.75, 3.05) is 47.5 Å². The Kier molecular flexibility index (Phi) is 9.56. The molecule has 1 rings (SSSR count). The smallest absolute Gasteiger partial charge is 0.305 e. The van der Waals surface area contributed by atoms with Crippen molar-refractivity contribution >= 4 is 13.8 Å². The quantitative estimate of drug-likeness (QED) is 0.306. The summed E-state index contributed by atoms with van der Waals surface area (Å²) in [6, 6.07) is 0. The van der Waals surface area contributed by atoms with Gasteiger partial charge in [-0.2, -0.15) is 0 Å². The van der Waals surface area contributed by atoms with Crippen LogP contribution in [-0.4, -0.2) is 69.2 Å². The van der Waals surface area contributed by atoms with Gasteiger partial charge in [0.15, 0.2) is 0 Å². The third-order valence-corrected chi connectivity index (χ3v) is 5.07. The van der Waals surface area contributed by atoms with E-state index in [1.165, 1.54) is 12.8 Å². The second-order valence-corrected chi connectivity index (χ2v) is 9.03. The molecule has 0 aliphatic heterocycles. The second kappa shape index (κ2) is 10.6. The summed E-state index contributed by atoms with van der Waals surface area (Å²) in [4.78, 5) is 23.2. The van der Waals surface area contributed by atoms with E-state index in [9.17, 15) is 19.4 Å². The molecule has 0 aromatic heterocycles. The minimum Gasteiger partial charge on any atom is -0.756 e. The van der Waals surface area contributed by atoms with Crippen molar-refractivity contribution in [3.8, 4) is 0 Å². The second-order valence-electron chi connectivity index (χ2n) is 7.62. The summed E-state index contributed by atoms with van der Waals surface area (Å²) < 4.78 is 26.4. The van der Waals surface area contributed by atoms with Crippen LogP contribution < -0.4 is 4.89 Å². The van der Waals surface area contributed by atoms with E-state index in [4.69, 9.17) is 9.26 Å². The maximum atomic E-state index is 11.6. The topological polar surface area (TPSA) is 105 Å². The van der Waals surface area contributed by atoms with Gasteiger partial charge in [0.05, 0.1) is 27.7 Å². The van der Waals surface area contributed by atoms with Gasteiger partial charge < -0.3 is 28.3 Å². The van der Waals surface area contributed by atoms with Crippen molar-refractivity contribution in [1.29, 1.82) is 0 Å². The highest BCUT2D eigenvalue weighted by Crippen LogP contribution is 2.38.